The van der Waals surface area contributed by atoms with E-state index in [1.165, 1.54) is 10.9 Å². The summed E-state index contributed by atoms with van der Waals surface area (Å²) in [5, 5.41) is 1.76. The van der Waals surface area contributed by atoms with Gasteiger partial charge in [-0.15, -0.1) is 0 Å². The predicted molar refractivity (Wildman–Crippen MR) is 127 cm³/mol. The molecule has 1 amide bonds. The summed E-state index contributed by atoms with van der Waals surface area (Å²) in [5.74, 6) is 0.0520. The second-order valence-electron chi connectivity index (χ2n) is 8.25. The lowest BCUT2D eigenvalue weighted by molar-refractivity contribution is -0.120. The highest BCUT2D eigenvalue weighted by atomic mass is 32.1. The monoisotopic (exact) mass is 423 g/mol. The number of hydrogen-bond donors (Lipinski definition) is 1. The number of thiocarbonyl (C=S) groups is 1. The molecular formula is C26H21N3OS. The third kappa shape index (κ3) is 2.60. The normalized spacial score (nSPS) is 20.3. The van der Waals surface area contributed by atoms with Gasteiger partial charge in [-0.25, -0.2) is 0 Å². The third-order valence-corrected chi connectivity index (χ3v) is 6.91. The minimum absolute atomic E-state index is 0.0520. The fourth-order valence-electron chi connectivity index (χ4n) is 5.09. The van der Waals surface area contributed by atoms with Gasteiger partial charge in [0.15, 0.2) is 5.11 Å². The number of nitrogens with zero attached hydrogens (tertiary/aromatic N) is 2. The average molecular weight is 424 g/mol. The lowest BCUT2D eigenvalue weighted by Crippen LogP contribution is -2.44. The van der Waals surface area contributed by atoms with Crippen molar-refractivity contribution in [2.75, 3.05) is 4.90 Å². The van der Waals surface area contributed by atoms with Gasteiger partial charge in [0.05, 0.1) is 11.7 Å². The molecule has 1 N–H and O–H groups in total. The Kier molecular flexibility index (Phi) is 4.02. The number of aryl methyl sites for hydroxylation is 1. The molecule has 1 saturated heterocycles. The van der Waals surface area contributed by atoms with E-state index in [2.05, 4.69) is 40.2 Å². The molecule has 5 heteroatoms. The van der Waals surface area contributed by atoms with E-state index in [1.54, 1.807) is 4.90 Å². The van der Waals surface area contributed by atoms with Crippen LogP contribution in [0.4, 0.5) is 5.69 Å². The summed E-state index contributed by atoms with van der Waals surface area (Å²) in [6, 6.07) is 26.2. The van der Waals surface area contributed by atoms with E-state index in [0.29, 0.717) is 11.5 Å². The average Bonchev–Trinajstić information content (AvgIpc) is 3.29. The molecule has 0 radical (unpaired) electrons. The quantitative estimate of drug-likeness (QED) is 0.455. The SMILES string of the molecule is Cc1ccccc1N1C(=O)C2Cc3c([nH]c4ccccc34)C(c3ccccc3)N2C1=S. The molecule has 2 aliphatic rings. The molecule has 0 saturated carbocycles. The fourth-order valence-corrected chi connectivity index (χ4v) is 5.51. The number of H-pyrrole nitrogens is 1. The van der Waals surface area contributed by atoms with Crippen LogP contribution in [0.15, 0.2) is 78.9 Å². The van der Waals surface area contributed by atoms with Crippen LogP contribution >= 0.6 is 12.2 Å². The number of carbonyl (C=O) groups excluding carboxylic acids is 1. The van der Waals surface area contributed by atoms with Gasteiger partial charge in [-0.3, -0.25) is 9.69 Å². The van der Waals surface area contributed by atoms with Gasteiger partial charge in [-0.05, 0) is 48.0 Å². The van der Waals surface area contributed by atoms with Gasteiger partial charge in [-0.2, -0.15) is 0 Å². The van der Waals surface area contributed by atoms with Crippen molar-refractivity contribution in [3.8, 4) is 0 Å². The molecule has 1 aromatic heterocycles. The highest BCUT2D eigenvalue weighted by molar-refractivity contribution is 7.80. The first kappa shape index (κ1) is 18.3. The van der Waals surface area contributed by atoms with Crippen molar-refractivity contribution in [2.45, 2.75) is 25.4 Å². The second-order valence-corrected chi connectivity index (χ2v) is 8.61. The zero-order chi connectivity index (χ0) is 21.1. The predicted octanol–water partition coefficient (Wildman–Crippen LogP) is 5.12. The van der Waals surface area contributed by atoms with Crippen molar-refractivity contribution < 1.29 is 4.79 Å². The summed E-state index contributed by atoms with van der Waals surface area (Å²) >= 11 is 5.96. The first-order valence-corrected chi connectivity index (χ1v) is 10.9. The van der Waals surface area contributed by atoms with Crippen molar-refractivity contribution in [3.63, 3.8) is 0 Å². The number of rotatable bonds is 2. The summed E-state index contributed by atoms with van der Waals surface area (Å²) in [5.41, 5.74) is 6.48. The Morgan fingerprint density at radius 1 is 0.935 bits per heavy atom. The van der Waals surface area contributed by atoms with Crippen LogP contribution in [0, 0.1) is 6.92 Å². The van der Waals surface area contributed by atoms with E-state index in [9.17, 15) is 4.79 Å². The molecule has 3 heterocycles. The Balaban J connectivity index is 1.56. The molecular weight excluding hydrogens is 402 g/mol. The highest BCUT2D eigenvalue weighted by Crippen LogP contribution is 2.45. The van der Waals surface area contributed by atoms with Crippen LogP contribution in [0.1, 0.15) is 28.4 Å². The maximum atomic E-state index is 13.7. The summed E-state index contributed by atoms with van der Waals surface area (Å²) in [7, 11) is 0. The molecule has 4 nitrogen and oxygen atoms in total. The van der Waals surface area contributed by atoms with E-state index in [4.69, 9.17) is 12.2 Å². The standard InChI is InChI=1S/C26H21N3OS/c1-16-9-5-8-14-21(16)29-25(30)22-15-19-18-12-6-7-13-20(18)27-23(19)24(28(22)26(29)31)17-10-3-2-4-11-17/h2-14,22,24,27H,15H2,1H3. The van der Waals surface area contributed by atoms with Crippen molar-refractivity contribution in [3.05, 3.63) is 101 Å². The highest BCUT2D eigenvalue weighted by Gasteiger charge is 2.51. The lowest BCUT2D eigenvalue weighted by atomic mass is 9.89. The van der Waals surface area contributed by atoms with Gasteiger partial charge in [0.25, 0.3) is 5.91 Å². The molecule has 2 unspecified atom stereocenters. The van der Waals surface area contributed by atoms with E-state index >= 15 is 0 Å². The van der Waals surface area contributed by atoms with Gasteiger partial charge in [0, 0.05) is 23.0 Å². The lowest BCUT2D eigenvalue weighted by Gasteiger charge is -2.37. The van der Waals surface area contributed by atoms with Gasteiger partial charge in [0.2, 0.25) is 0 Å². The van der Waals surface area contributed by atoms with Crippen molar-refractivity contribution in [1.82, 2.24) is 9.88 Å². The maximum absolute atomic E-state index is 13.7. The number of fused-ring (bicyclic) bond motifs is 4. The minimum atomic E-state index is -0.316. The summed E-state index contributed by atoms with van der Waals surface area (Å²) in [6.45, 7) is 2.02. The van der Waals surface area contributed by atoms with E-state index < -0.39 is 0 Å². The molecule has 4 aromatic rings. The van der Waals surface area contributed by atoms with Crippen LogP contribution in [0.3, 0.4) is 0 Å². The van der Waals surface area contributed by atoms with Crippen molar-refractivity contribution in [1.29, 1.82) is 0 Å². The van der Waals surface area contributed by atoms with Gasteiger partial charge >= 0.3 is 0 Å². The smallest absolute Gasteiger partial charge is 0.256 e. The molecule has 6 rings (SSSR count). The zero-order valence-corrected chi connectivity index (χ0v) is 17.9. The van der Waals surface area contributed by atoms with E-state index in [1.807, 2.05) is 55.5 Å². The van der Waals surface area contributed by atoms with Crippen molar-refractivity contribution in [2.24, 2.45) is 0 Å². The van der Waals surface area contributed by atoms with E-state index in [-0.39, 0.29) is 18.0 Å². The molecule has 3 aromatic carbocycles. The van der Waals surface area contributed by atoms with Crippen LogP contribution < -0.4 is 4.90 Å². The number of anilines is 1. The number of benzene rings is 3. The number of hydrogen-bond acceptors (Lipinski definition) is 2. The van der Waals surface area contributed by atoms with Crippen LogP contribution in [0.2, 0.25) is 0 Å². The Morgan fingerprint density at radius 3 is 2.45 bits per heavy atom. The number of amides is 1. The molecule has 2 atom stereocenters. The number of aromatic nitrogens is 1. The molecule has 0 aliphatic carbocycles. The summed E-state index contributed by atoms with van der Waals surface area (Å²) in [6.07, 6.45) is 0.643. The first-order chi connectivity index (χ1) is 15.1. The minimum Gasteiger partial charge on any atom is -0.356 e. The molecule has 152 valence electrons. The Hall–Kier alpha value is -3.44. The number of para-hydroxylation sites is 2. The summed E-state index contributed by atoms with van der Waals surface area (Å²) < 4.78 is 0. The van der Waals surface area contributed by atoms with Gasteiger partial charge < -0.3 is 9.88 Å². The van der Waals surface area contributed by atoms with Crippen LogP contribution in [-0.4, -0.2) is 26.9 Å². The number of carbonyl (C=O) groups is 1. The maximum Gasteiger partial charge on any atom is 0.256 e. The fraction of sp³-hybridized carbons (Fsp3) is 0.154. The van der Waals surface area contributed by atoms with Gasteiger partial charge in [0.1, 0.15) is 6.04 Å². The molecule has 0 bridgehead atoms. The Bertz CT molecular complexity index is 1340. The molecule has 31 heavy (non-hydrogen) atoms. The summed E-state index contributed by atoms with van der Waals surface area (Å²) in [4.78, 5) is 21.3. The van der Waals surface area contributed by atoms with Crippen LogP contribution in [-0.2, 0) is 11.2 Å². The zero-order valence-electron chi connectivity index (χ0n) is 17.1. The topological polar surface area (TPSA) is 39.3 Å². The Morgan fingerprint density at radius 2 is 1.65 bits per heavy atom. The van der Waals surface area contributed by atoms with Crippen molar-refractivity contribution >= 4 is 39.8 Å². The Labute approximate surface area is 186 Å². The largest absolute Gasteiger partial charge is 0.356 e. The molecule has 2 aliphatic heterocycles. The third-order valence-electron chi connectivity index (χ3n) is 6.52. The number of aromatic amines is 1. The van der Waals surface area contributed by atoms with Crippen LogP contribution in [0.5, 0.6) is 0 Å². The number of nitrogens with one attached hydrogen (secondary N) is 1. The van der Waals surface area contributed by atoms with Gasteiger partial charge in [-0.1, -0.05) is 66.7 Å². The molecule has 1 fully saturated rings. The van der Waals surface area contributed by atoms with Crippen LogP contribution in [0.25, 0.3) is 10.9 Å². The second kappa shape index (κ2) is 6.79. The van der Waals surface area contributed by atoms with E-state index in [0.717, 1.165) is 28.0 Å². The first-order valence-electron chi connectivity index (χ1n) is 10.5. The molecule has 0 spiro atoms.